The van der Waals surface area contributed by atoms with Crippen LogP contribution in [0.15, 0.2) is 34.2 Å². The maximum absolute atomic E-state index is 12.5. The van der Waals surface area contributed by atoms with Crippen molar-refractivity contribution in [1.29, 1.82) is 0 Å². The molecule has 0 atom stereocenters. The van der Waals surface area contributed by atoms with Crippen LogP contribution in [0.3, 0.4) is 0 Å². The van der Waals surface area contributed by atoms with E-state index in [0.29, 0.717) is 30.6 Å². The molecule has 8 heteroatoms. The predicted octanol–water partition coefficient (Wildman–Crippen LogP) is 2.55. The molecule has 1 aromatic rings. The molecule has 2 rings (SSSR count). The maximum atomic E-state index is 12.5. The Kier molecular flexibility index (Phi) is 9.15. The summed E-state index contributed by atoms with van der Waals surface area (Å²) in [6, 6.07) is 7.34. The summed E-state index contributed by atoms with van der Waals surface area (Å²) in [5.74, 6) is 0.765. The summed E-state index contributed by atoms with van der Waals surface area (Å²) in [5.41, 5.74) is 0.983. The van der Waals surface area contributed by atoms with Gasteiger partial charge in [0.15, 0.2) is 5.96 Å². The van der Waals surface area contributed by atoms with Gasteiger partial charge in [0.1, 0.15) is 0 Å². The summed E-state index contributed by atoms with van der Waals surface area (Å²) in [7, 11) is -3.34. The second-order valence-electron chi connectivity index (χ2n) is 6.25. The Labute approximate surface area is 168 Å². The van der Waals surface area contributed by atoms with E-state index in [0.717, 1.165) is 30.9 Å². The third-order valence-corrected chi connectivity index (χ3v) is 5.73. The summed E-state index contributed by atoms with van der Waals surface area (Å²) in [6.07, 6.45) is 1.89. The topological polar surface area (TPSA) is 73.8 Å². The highest BCUT2D eigenvalue weighted by Gasteiger charge is 2.26. The summed E-state index contributed by atoms with van der Waals surface area (Å²) >= 11 is 0. The zero-order chi connectivity index (χ0) is 17.6. The molecule has 0 bridgehead atoms. The average molecular weight is 480 g/mol. The van der Waals surface area contributed by atoms with Gasteiger partial charge in [-0.3, -0.25) is 0 Å². The Morgan fingerprint density at radius 1 is 1.20 bits per heavy atom. The van der Waals surface area contributed by atoms with Crippen molar-refractivity contribution in [2.24, 2.45) is 4.99 Å². The van der Waals surface area contributed by atoms with Crippen molar-refractivity contribution in [2.45, 2.75) is 51.1 Å². The van der Waals surface area contributed by atoms with E-state index in [4.69, 9.17) is 0 Å². The fourth-order valence-electron chi connectivity index (χ4n) is 2.61. The fraction of sp³-hybridized carbons (Fsp3) is 0.588. The molecule has 1 aliphatic heterocycles. The number of nitrogens with zero attached hydrogens (tertiary/aromatic N) is 2. The van der Waals surface area contributed by atoms with Gasteiger partial charge in [-0.2, -0.15) is 4.31 Å². The van der Waals surface area contributed by atoms with Gasteiger partial charge in [-0.25, -0.2) is 13.4 Å². The lowest BCUT2D eigenvalue weighted by Gasteiger charge is -2.16. The van der Waals surface area contributed by atoms with E-state index in [1.54, 1.807) is 16.4 Å². The highest BCUT2D eigenvalue weighted by molar-refractivity contribution is 14.0. The van der Waals surface area contributed by atoms with Crippen molar-refractivity contribution >= 4 is 40.0 Å². The molecular formula is C17H29IN4O2S. The van der Waals surface area contributed by atoms with Crippen molar-refractivity contribution < 1.29 is 8.42 Å². The van der Waals surface area contributed by atoms with Crippen LogP contribution in [0, 0.1) is 0 Å². The van der Waals surface area contributed by atoms with Crippen molar-refractivity contribution in [1.82, 2.24) is 14.9 Å². The van der Waals surface area contributed by atoms with Crippen molar-refractivity contribution in [3.63, 3.8) is 0 Å². The van der Waals surface area contributed by atoms with Gasteiger partial charge in [-0.05, 0) is 51.3 Å². The minimum atomic E-state index is -3.34. The van der Waals surface area contributed by atoms with E-state index in [-0.39, 0.29) is 24.0 Å². The zero-order valence-electron chi connectivity index (χ0n) is 15.2. The maximum Gasteiger partial charge on any atom is 0.243 e. The van der Waals surface area contributed by atoms with Gasteiger partial charge >= 0.3 is 0 Å². The van der Waals surface area contributed by atoms with Gasteiger partial charge in [-0.15, -0.1) is 24.0 Å². The average Bonchev–Trinajstić information content (AvgIpc) is 3.08. The number of halogens is 1. The summed E-state index contributed by atoms with van der Waals surface area (Å²) in [4.78, 5) is 4.89. The number of hydrogen-bond acceptors (Lipinski definition) is 3. The number of guanidine groups is 1. The summed E-state index contributed by atoms with van der Waals surface area (Å²) in [5, 5.41) is 6.45. The molecule has 25 heavy (non-hydrogen) atoms. The molecule has 0 aliphatic carbocycles. The smallest absolute Gasteiger partial charge is 0.243 e. The molecule has 0 spiro atoms. The quantitative estimate of drug-likeness (QED) is 0.373. The second kappa shape index (κ2) is 10.3. The number of hydrogen-bond donors (Lipinski definition) is 2. The van der Waals surface area contributed by atoms with Gasteiger partial charge in [0, 0.05) is 25.7 Å². The molecule has 2 N–H and O–H groups in total. The fourth-order valence-corrected chi connectivity index (χ4v) is 4.13. The molecule has 6 nitrogen and oxygen atoms in total. The normalized spacial score (nSPS) is 15.9. The number of rotatable bonds is 6. The van der Waals surface area contributed by atoms with E-state index in [1.807, 2.05) is 19.1 Å². The molecule has 0 unspecified atom stereocenters. The van der Waals surface area contributed by atoms with Crippen LogP contribution in [0.5, 0.6) is 0 Å². The molecule has 1 heterocycles. The molecule has 0 amide bonds. The Balaban J connectivity index is 0.00000312. The van der Waals surface area contributed by atoms with E-state index in [9.17, 15) is 8.42 Å². The lowest BCUT2D eigenvalue weighted by atomic mass is 10.2. The molecule has 142 valence electrons. The van der Waals surface area contributed by atoms with Crippen LogP contribution in [-0.2, 0) is 16.6 Å². The SMILES string of the molecule is CCNC(=NCc1ccc(S(=O)(=O)N2CCCC2)cc1)NC(C)C.I. The van der Waals surface area contributed by atoms with Crippen LogP contribution in [0.1, 0.15) is 39.2 Å². The molecule has 0 radical (unpaired) electrons. The third kappa shape index (κ3) is 6.41. The standard InChI is InChI=1S/C17H28N4O2S.HI/c1-4-18-17(20-14(2)3)19-13-15-7-9-16(10-8-15)24(22,23)21-11-5-6-12-21;/h7-10,14H,4-6,11-13H2,1-3H3,(H2,18,19,20);1H. The van der Waals surface area contributed by atoms with Crippen molar-refractivity contribution in [3.05, 3.63) is 29.8 Å². The van der Waals surface area contributed by atoms with Gasteiger partial charge in [0.2, 0.25) is 10.0 Å². The van der Waals surface area contributed by atoms with E-state index in [1.165, 1.54) is 0 Å². The lowest BCUT2D eigenvalue weighted by molar-refractivity contribution is 0.477. The monoisotopic (exact) mass is 480 g/mol. The predicted molar refractivity (Wildman–Crippen MR) is 113 cm³/mol. The van der Waals surface area contributed by atoms with Crippen LogP contribution in [0.25, 0.3) is 0 Å². The molecule has 0 saturated carbocycles. The number of sulfonamides is 1. The van der Waals surface area contributed by atoms with Crippen LogP contribution >= 0.6 is 24.0 Å². The summed E-state index contributed by atoms with van der Waals surface area (Å²) < 4.78 is 26.6. The molecule has 1 aliphatic rings. The van der Waals surface area contributed by atoms with Gasteiger partial charge in [0.05, 0.1) is 11.4 Å². The zero-order valence-corrected chi connectivity index (χ0v) is 18.3. The second-order valence-corrected chi connectivity index (χ2v) is 8.19. The first-order valence-electron chi connectivity index (χ1n) is 8.57. The van der Waals surface area contributed by atoms with Gasteiger partial charge in [0.25, 0.3) is 0 Å². The van der Waals surface area contributed by atoms with Crippen LogP contribution in [0.2, 0.25) is 0 Å². The van der Waals surface area contributed by atoms with Crippen molar-refractivity contribution in [2.75, 3.05) is 19.6 Å². The first kappa shape index (κ1) is 22.2. The Morgan fingerprint density at radius 3 is 2.32 bits per heavy atom. The van der Waals surface area contributed by atoms with Gasteiger partial charge < -0.3 is 10.6 Å². The number of benzene rings is 1. The number of aliphatic imine (C=N–C) groups is 1. The highest BCUT2D eigenvalue weighted by Crippen LogP contribution is 2.21. The van der Waals surface area contributed by atoms with Crippen LogP contribution < -0.4 is 10.6 Å². The largest absolute Gasteiger partial charge is 0.357 e. The molecule has 1 fully saturated rings. The van der Waals surface area contributed by atoms with Crippen LogP contribution in [0.4, 0.5) is 0 Å². The molecule has 0 aromatic heterocycles. The first-order valence-corrected chi connectivity index (χ1v) is 10.0. The Hall–Kier alpha value is -0.870. The number of nitrogens with one attached hydrogen (secondary N) is 2. The summed E-state index contributed by atoms with van der Waals surface area (Å²) in [6.45, 7) is 8.70. The highest BCUT2D eigenvalue weighted by atomic mass is 127. The Bertz CT molecular complexity index is 654. The van der Waals surface area contributed by atoms with E-state index in [2.05, 4.69) is 29.5 Å². The third-order valence-electron chi connectivity index (χ3n) is 3.82. The molecule has 1 aromatic carbocycles. The Morgan fingerprint density at radius 2 is 1.80 bits per heavy atom. The van der Waals surface area contributed by atoms with Crippen LogP contribution in [-0.4, -0.2) is 44.4 Å². The molecule has 1 saturated heterocycles. The van der Waals surface area contributed by atoms with E-state index >= 15 is 0 Å². The minimum Gasteiger partial charge on any atom is -0.357 e. The van der Waals surface area contributed by atoms with Crippen molar-refractivity contribution in [3.8, 4) is 0 Å². The molecular weight excluding hydrogens is 451 g/mol. The van der Waals surface area contributed by atoms with E-state index < -0.39 is 10.0 Å². The minimum absolute atomic E-state index is 0. The van der Waals surface area contributed by atoms with Gasteiger partial charge in [-0.1, -0.05) is 12.1 Å². The first-order chi connectivity index (χ1) is 11.4. The lowest BCUT2D eigenvalue weighted by Crippen LogP contribution is -2.40.